The lowest BCUT2D eigenvalue weighted by Gasteiger charge is -2.00. The Hall–Kier alpha value is -1.56. The van der Waals surface area contributed by atoms with Crippen LogP contribution >= 0.6 is 0 Å². The molecule has 0 unspecified atom stereocenters. The highest BCUT2D eigenvalue weighted by Gasteiger charge is 2.05. The summed E-state index contributed by atoms with van der Waals surface area (Å²) >= 11 is 0. The molecule has 0 aliphatic heterocycles. The summed E-state index contributed by atoms with van der Waals surface area (Å²) in [6.07, 6.45) is 0. The Kier molecular flexibility index (Phi) is 1.77. The molecule has 11 heavy (non-hydrogen) atoms. The second-order valence-corrected chi connectivity index (χ2v) is 2.22. The third-order valence-electron chi connectivity index (χ3n) is 1.51. The van der Waals surface area contributed by atoms with E-state index in [1.807, 2.05) is 0 Å². The zero-order valence-corrected chi connectivity index (χ0v) is 6.06. The number of anilines is 1. The lowest BCUT2D eigenvalue weighted by molar-refractivity contribution is 0.624. The van der Waals surface area contributed by atoms with Crippen molar-refractivity contribution in [2.75, 3.05) is 5.73 Å². The molecule has 56 valence electrons. The average molecular weight is 150 g/mol. The van der Waals surface area contributed by atoms with Gasteiger partial charge in [0.2, 0.25) is 0 Å². The summed E-state index contributed by atoms with van der Waals surface area (Å²) in [5, 5.41) is 0. The molecule has 1 aromatic carbocycles. The monoisotopic (exact) mass is 150 g/mol. The van der Waals surface area contributed by atoms with E-state index < -0.39 is 5.82 Å². The molecular weight excluding hydrogens is 143 g/mol. The van der Waals surface area contributed by atoms with Gasteiger partial charge in [-0.05, 0) is 18.6 Å². The van der Waals surface area contributed by atoms with Crippen LogP contribution in [-0.4, -0.2) is 0 Å². The summed E-state index contributed by atoms with van der Waals surface area (Å²) in [6.45, 7) is 8.21. The Bertz CT molecular complexity index is 326. The fourth-order valence-electron chi connectivity index (χ4n) is 0.817. The molecule has 0 bridgehead atoms. The number of hydrogen-bond donors (Lipinski definition) is 1. The SMILES string of the molecule is [C-]#[N+]c1ccc(N)c(F)c1C. The predicted octanol–water partition coefficient (Wildman–Crippen LogP) is 2.27. The van der Waals surface area contributed by atoms with Gasteiger partial charge in [0.1, 0.15) is 5.82 Å². The van der Waals surface area contributed by atoms with Crippen molar-refractivity contribution < 1.29 is 4.39 Å². The van der Waals surface area contributed by atoms with Crippen molar-refractivity contribution in [2.24, 2.45) is 0 Å². The largest absolute Gasteiger partial charge is 0.396 e. The van der Waals surface area contributed by atoms with Crippen molar-refractivity contribution in [3.8, 4) is 0 Å². The minimum atomic E-state index is -0.488. The van der Waals surface area contributed by atoms with Crippen molar-refractivity contribution in [1.82, 2.24) is 0 Å². The summed E-state index contributed by atoms with van der Waals surface area (Å²) in [7, 11) is 0. The molecule has 0 fully saturated rings. The van der Waals surface area contributed by atoms with Crippen molar-refractivity contribution in [3.63, 3.8) is 0 Å². The lowest BCUT2D eigenvalue weighted by atomic mass is 10.2. The van der Waals surface area contributed by atoms with E-state index in [-0.39, 0.29) is 5.69 Å². The molecule has 0 amide bonds. The normalized spacial score (nSPS) is 9.18. The van der Waals surface area contributed by atoms with Crippen LogP contribution in [0.2, 0.25) is 0 Å². The Balaban J connectivity index is 3.40. The molecule has 2 nitrogen and oxygen atoms in total. The standard InChI is InChI=1S/C8H7FN2/c1-5-7(11-2)4-3-6(10)8(5)9/h3-4H,10H2,1H3. The Morgan fingerprint density at radius 2 is 2.18 bits per heavy atom. The second-order valence-electron chi connectivity index (χ2n) is 2.22. The maximum atomic E-state index is 12.9. The number of nitrogen functional groups attached to an aromatic ring is 1. The Labute approximate surface area is 64.3 Å². The van der Waals surface area contributed by atoms with Gasteiger partial charge in [-0.2, -0.15) is 0 Å². The molecule has 0 heterocycles. The zero-order valence-electron chi connectivity index (χ0n) is 6.06. The van der Waals surface area contributed by atoms with Crippen LogP contribution in [0.5, 0.6) is 0 Å². The maximum Gasteiger partial charge on any atom is 0.193 e. The highest BCUT2D eigenvalue weighted by molar-refractivity contribution is 5.59. The first-order chi connectivity index (χ1) is 5.16. The summed E-state index contributed by atoms with van der Waals surface area (Å²) < 4.78 is 12.9. The number of hydrogen-bond acceptors (Lipinski definition) is 1. The zero-order chi connectivity index (χ0) is 8.43. The van der Waals surface area contributed by atoms with E-state index in [1.165, 1.54) is 12.1 Å². The van der Waals surface area contributed by atoms with Crippen molar-refractivity contribution >= 4 is 11.4 Å². The van der Waals surface area contributed by atoms with E-state index in [9.17, 15) is 4.39 Å². The van der Waals surface area contributed by atoms with Crippen molar-refractivity contribution in [2.45, 2.75) is 6.92 Å². The molecule has 0 atom stereocenters. The molecule has 0 saturated carbocycles. The maximum absolute atomic E-state index is 12.9. The number of nitrogens with zero attached hydrogens (tertiary/aromatic N) is 1. The van der Waals surface area contributed by atoms with Gasteiger partial charge in [-0.3, -0.25) is 0 Å². The minimum Gasteiger partial charge on any atom is -0.396 e. The van der Waals surface area contributed by atoms with Gasteiger partial charge in [0.25, 0.3) is 0 Å². The molecular formula is C8H7FN2. The van der Waals surface area contributed by atoms with Gasteiger partial charge in [-0.25, -0.2) is 9.24 Å². The Morgan fingerprint density at radius 1 is 1.55 bits per heavy atom. The molecule has 0 saturated heterocycles. The summed E-state index contributed by atoms with van der Waals surface area (Å²) in [5.41, 5.74) is 5.99. The van der Waals surface area contributed by atoms with Crippen LogP contribution in [0.15, 0.2) is 12.1 Å². The van der Waals surface area contributed by atoms with Crippen LogP contribution < -0.4 is 5.73 Å². The van der Waals surface area contributed by atoms with Gasteiger partial charge in [0.15, 0.2) is 5.69 Å². The van der Waals surface area contributed by atoms with Crippen LogP contribution in [0, 0.1) is 19.3 Å². The molecule has 1 aromatic rings. The minimum absolute atomic E-state index is 0.0925. The quantitative estimate of drug-likeness (QED) is 0.446. The van der Waals surface area contributed by atoms with Crippen LogP contribution in [0.3, 0.4) is 0 Å². The lowest BCUT2D eigenvalue weighted by Crippen LogP contribution is -1.92. The van der Waals surface area contributed by atoms with Gasteiger partial charge < -0.3 is 5.73 Å². The summed E-state index contributed by atoms with van der Waals surface area (Å²) in [5.74, 6) is -0.488. The van der Waals surface area contributed by atoms with E-state index in [0.29, 0.717) is 11.3 Å². The average Bonchev–Trinajstić information content (AvgIpc) is 2.01. The van der Waals surface area contributed by atoms with E-state index >= 15 is 0 Å². The van der Waals surface area contributed by atoms with Crippen LogP contribution in [0.4, 0.5) is 15.8 Å². The van der Waals surface area contributed by atoms with Crippen LogP contribution in [-0.2, 0) is 0 Å². The van der Waals surface area contributed by atoms with E-state index in [4.69, 9.17) is 12.3 Å². The smallest absolute Gasteiger partial charge is 0.193 e. The van der Waals surface area contributed by atoms with Gasteiger partial charge in [-0.1, -0.05) is 6.07 Å². The molecule has 0 spiro atoms. The molecule has 0 aliphatic carbocycles. The topological polar surface area (TPSA) is 30.4 Å². The number of benzene rings is 1. The molecule has 3 heteroatoms. The highest BCUT2D eigenvalue weighted by Crippen LogP contribution is 2.24. The molecule has 0 aromatic heterocycles. The first kappa shape index (κ1) is 7.55. The Morgan fingerprint density at radius 3 is 2.73 bits per heavy atom. The third kappa shape index (κ3) is 1.15. The summed E-state index contributed by atoms with van der Waals surface area (Å²) in [4.78, 5) is 3.13. The first-order valence-corrected chi connectivity index (χ1v) is 3.09. The number of halogens is 1. The highest BCUT2D eigenvalue weighted by atomic mass is 19.1. The van der Waals surface area contributed by atoms with Crippen LogP contribution in [0.25, 0.3) is 4.85 Å². The first-order valence-electron chi connectivity index (χ1n) is 3.09. The second kappa shape index (κ2) is 2.59. The van der Waals surface area contributed by atoms with E-state index in [1.54, 1.807) is 6.92 Å². The van der Waals surface area contributed by atoms with Gasteiger partial charge in [0.05, 0.1) is 12.3 Å². The van der Waals surface area contributed by atoms with Crippen molar-refractivity contribution in [3.05, 3.63) is 34.9 Å². The van der Waals surface area contributed by atoms with Gasteiger partial charge in [-0.15, -0.1) is 0 Å². The number of nitrogens with two attached hydrogens (primary N) is 1. The van der Waals surface area contributed by atoms with Crippen LogP contribution in [0.1, 0.15) is 5.56 Å². The molecule has 0 aliphatic rings. The number of rotatable bonds is 0. The fourth-order valence-corrected chi connectivity index (χ4v) is 0.817. The molecule has 0 radical (unpaired) electrons. The molecule has 1 rings (SSSR count). The van der Waals surface area contributed by atoms with Crippen molar-refractivity contribution in [1.29, 1.82) is 0 Å². The molecule has 2 N–H and O–H groups in total. The van der Waals surface area contributed by atoms with E-state index in [2.05, 4.69) is 4.85 Å². The van der Waals surface area contributed by atoms with E-state index in [0.717, 1.165) is 0 Å². The van der Waals surface area contributed by atoms with Gasteiger partial charge >= 0.3 is 0 Å². The predicted molar refractivity (Wildman–Crippen MR) is 41.8 cm³/mol. The fraction of sp³-hybridized carbons (Fsp3) is 0.125. The third-order valence-corrected chi connectivity index (χ3v) is 1.51. The summed E-state index contributed by atoms with van der Waals surface area (Å²) in [6, 6.07) is 2.91. The van der Waals surface area contributed by atoms with Gasteiger partial charge in [0, 0.05) is 0 Å².